The number of carbonyl (C=O) groups is 1. The van der Waals surface area contributed by atoms with Crippen molar-refractivity contribution < 1.29 is 20.1 Å². The van der Waals surface area contributed by atoms with E-state index in [1.165, 1.54) is 12.8 Å². The molecule has 4 nitrogen and oxygen atoms in total. The first kappa shape index (κ1) is 25.1. The molecule has 0 radical (unpaired) electrons. The number of hydrogen-bond acceptors (Lipinski definition) is 3. The Morgan fingerprint density at radius 1 is 0.824 bits per heavy atom. The molecule has 5 fully saturated rings. The minimum atomic E-state index is -0.884. The van der Waals surface area contributed by atoms with Crippen molar-refractivity contribution in [3.05, 3.63) is 0 Å². The van der Waals surface area contributed by atoms with E-state index < -0.39 is 28.5 Å². The van der Waals surface area contributed by atoms with E-state index >= 15 is 0 Å². The number of aliphatic carboxylic acids is 1. The van der Waals surface area contributed by atoms with Crippen LogP contribution in [-0.4, -0.2) is 33.0 Å². The summed E-state index contributed by atoms with van der Waals surface area (Å²) in [7, 11) is 0. The molecule has 10 atom stereocenters. The van der Waals surface area contributed by atoms with Gasteiger partial charge >= 0.3 is 5.97 Å². The smallest absolute Gasteiger partial charge is 0.310 e. The maximum atomic E-state index is 13.6. The van der Waals surface area contributed by atoms with Crippen LogP contribution in [0.5, 0.6) is 0 Å². The fraction of sp³-hybridized carbons (Fsp3) is 0.967. The van der Waals surface area contributed by atoms with Crippen LogP contribution in [-0.2, 0) is 4.79 Å². The summed E-state index contributed by atoms with van der Waals surface area (Å²) in [4.78, 5) is 13.6. The second-order valence-corrected chi connectivity index (χ2v) is 15.3. The van der Waals surface area contributed by atoms with Crippen LogP contribution in [0.1, 0.15) is 113 Å². The first-order valence-electron chi connectivity index (χ1n) is 14.2. The van der Waals surface area contributed by atoms with E-state index in [9.17, 15) is 20.1 Å². The molecule has 0 aromatic carbocycles. The number of rotatable bonds is 2. The Balaban J connectivity index is 1.63. The summed E-state index contributed by atoms with van der Waals surface area (Å²) in [6.07, 6.45) is 9.21. The van der Waals surface area contributed by atoms with Gasteiger partial charge < -0.3 is 15.3 Å². The van der Waals surface area contributed by atoms with Crippen molar-refractivity contribution in [2.24, 2.45) is 56.7 Å². The summed E-state index contributed by atoms with van der Waals surface area (Å²) in [5, 5.41) is 34.1. The van der Waals surface area contributed by atoms with Crippen LogP contribution in [0, 0.1) is 56.7 Å². The van der Waals surface area contributed by atoms with Crippen LogP contribution in [0.4, 0.5) is 0 Å². The molecule has 5 aliphatic rings. The van der Waals surface area contributed by atoms with Gasteiger partial charge in [-0.2, -0.15) is 0 Å². The van der Waals surface area contributed by atoms with E-state index in [0.29, 0.717) is 18.3 Å². The van der Waals surface area contributed by atoms with E-state index in [-0.39, 0.29) is 34.0 Å². The Kier molecular flexibility index (Phi) is 5.34. The number of aliphatic hydroxyl groups excluding tert-OH is 1. The van der Waals surface area contributed by atoms with Gasteiger partial charge in [0, 0.05) is 5.41 Å². The third-order valence-electron chi connectivity index (χ3n) is 13.5. The zero-order valence-corrected chi connectivity index (χ0v) is 22.8. The highest BCUT2D eigenvalue weighted by Crippen LogP contribution is 2.78. The lowest BCUT2D eigenvalue weighted by Gasteiger charge is -2.73. The van der Waals surface area contributed by atoms with E-state index in [1.54, 1.807) is 0 Å². The molecular weight excluding hydrogens is 424 g/mol. The summed E-state index contributed by atoms with van der Waals surface area (Å²) in [6, 6.07) is 0. The number of carboxylic acids is 1. The van der Waals surface area contributed by atoms with Crippen molar-refractivity contribution in [3.63, 3.8) is 0 Å². The van der Waals surface area contributed by atoms with Gasteiger partial charge in [-0.25, -0.2) is 0 Å². The highest BCUT2D eigenvalue weighted by atomic mass is 16.4. The highest BCUT2D eigenvalue weighted by Gasteiger charge is 2.76. The predicted octanol–water partition coefficient (Wildman–Crippen LogP) is 6.28. The Hall–Kier alpha value is -0.610. The van der Waals surface area contributed by atoms with Gasteiger partial charge in [0.15, 0.2) is 0 Å². The van der Waals surface area contributed by atoms with Crippen LogP contribution < -0.4 is 0 Å². The van der Waals surface area contributed by atoms with Crippen molar-refractivity contribution in [2.75, 3.05) is 0 Å². The molecule has 5 saturated carbocycles. The Morgan fingerprint density at radius 2 is 1.47 bits per heavy atom. The topological polar surface area (TPSA) is 77.8 Å². The molecule has 0 bridgehead atoms. The third kappa shape index (κ3) is 2.82. The van der Waals surface area contributed by atoms with Crippen LogP contribution in [0.15, 0.2) is 0 Å². The molecule has 0 heterocycles. The van der Waals surface area contributed by atoms with E-state index in [1.807, 2.05) is 13.8 Å². The minimum absolute atomic E-state index is 0.0660. The average molecular weight is 475 g/mol. The van der Waals surface area contributed by atoms with Crippen molar-refractivity contribution >= 4 is 5.97 Å². The van der Waals surface area contributed by atoms with E-state index in [0.717, 1.165) is 44.9 Å². The SMILES string of the molecule is CC(C)(O)C1CC[C@@]2(C)C1CC[C@]1(C(=O)O)[C@@H]2CC[C@@H]2[C@@]3(C)CCCC(C)(C)[C@@H]3CC(O)[C@]21C. The van der Waals surface area contributed by atoms with E-state index in [2.05, 4.69) is 34.6 Å². The van der Waals surface area contributed by atoms with Gasteiger partial charge in [-0.05, 0) is 117 Å². The molecule has 0 aliphatic heterocycles. The molecule has 194 valence electrons. The minimum Gasteiger partial charge on any atom is -0.481 e. The summed E-state index contributed by atoms with van der Waals surface area (Å²) < 4.78 is 0. The summed E-state index contributed by atoms with van der Waals surface area (Å²) in [5.74, 6) is 0.688. The summed E-state index contributed by atoms with van der Waals surface area (Å²) in [6.45, 7) is 15.6. The molecule has 5 aliphatic carbocycles. The Bertz CT molecular complexity index is 858. The Morgan fingerprint density at radius 3 is 2.09 bits per heavy atom. The molecule has 4 heteroatoms. The number of carboxylic acid groups (broad SMARTS) is 1. The average Bonchev–Trinajstić information content (AvgIpc) is 3.07. The quantitative estimate of drug-likeness (QED) is 0.440. The monoisotopic (exact) mass is 474 g/mol. The molecule has 0 aromatic rings. The zero-order valence-electron chi connectivity index (χ0n) is 22.8. The van der Waals surface area contributed by atoms with Gasteiger partial charge in [0.1, 0.15) is 0 Å². The lowest BCUT2D eigenvalue weighted by Crippen LogP contribution is -2.72. The van der Waals surface area contributed by atoms with Crippen molar-refractivity contribution in [2.45, 2.75) is 124 Å². The fourth-order valence-corrected chi connectivity index (χ4v) is 12.1. The molecule has 0 spiro atoms. The fourth-order valence-electron chi connectivity index (χ4n) is 12.1. The number of fused-ring (bicyclic) bond motifs is 7. The maximum absolute atomic E-state index is 13.6. The molecule has 0 amide bonds. The van der Waals surface area contributed by atoms with Gasteiger partial charge in [0.05, 0.1) is 17.1 Å². The second-order valence-electron chi connectivity index (χ2n) is 15.3. The van der Waals surface area contributed by atoms with Crippen LogP contribution in [0.2, 0.25) is 0 Å². The number of hydrogen-bond donors (Lipinski definition) is 3. The second kappa shape index (κ2) is 7.24. The lowest BCUT2D eigenvalue weighted by atomic mass is 9.31. The lowest BCUT2D eigenvalue weighted by molar-refractivity contribution is -0.282. The largest absolute Gasteiger partial charge is 0.481 e. The highest BCUT2D eigenvalue weighted by molar-refractivity contribution is 5.77. The molecule has 3 N–H and O–H groups in total. The molecular formula is C30H50O4. The predicted molar refractivity (Wildman–Crippen MR) is 134 cm³/mol. The van der Waals surface area contributed by atoms with Gasteiger partial charge in [-0.3, -0.25) is 4.79 Å². The first-order valence-corrected chi connectivity index (χ1v) is 14.2. The van der Waals surface area contributed by atoms with Gasteiger partial charge in [-0.15, -0.1) is 0 Å². The first-order chi connectivity index (χ1) is 15.6. The normalized spacial score (nSPS) is 54.4. The van der Waals surface area contributed by atoms with Crippen molar-refractivity contribution in [1.29, 1.82) is 0 Å². The molecule has 5 rings (SSSR count). The summed E-state index contributed by atoms with van der Waals surface area (Å²) in [5.41, 5.74) is -2.03. The molecule has 34 heavy (non-hydrogen) atoms. The zero-order chi connectivity index (χ0) is 25.1. The molecule has 0 aromatic heterocycles. The van der Waals surface area contributed by atoms with Crippen LogP contribution in [0.25, 0.3) is 0 Å². The van der Waals surface area contributed by atoms with Crippen molar-refractivity contribution in [1.82, 2.24) is 0 Å². The summed E-state index contributed by atoms with van der Waals surface area (Å²) >= 11 is 0. The third-order valence-corrected chi connectivity index (χ3v) is 13.5. The van der Waals surface area contributed by atoms with Crippen molar-refractivity contribution in [3.8, 4) is 0 Å². The molecule has 0 saturated heterocycles. The van der Waals surface area contributed by atoms with Gasteiger partial charge in [-0.1, -0.05) is 41.0 Å². The Labute approximate surface area is 207 Å². The maximum Gasteiger partial charge on any atom is 0.310 e. The van der Waals surface area contributed by atoms with Gasteiger partial charge in [0.25, 0.3) is 0 Å². The van der Waals surface area contributed by atoms with Crippen LogP contribution >= 0.6 is 0 Å². The van der Waals surface area contributed by atoms with E-state index in [4.69, 9.17) is 0 Å². The molecule has 3 unspecified atom stereocenters. The van der Waals surface area contributed by atoms with Gasteiger partial charge in [0.2, 0.25) is 0 Å². The standard InChI is InChI=1S/C30H50O4/c1-25(2)13-8-14-28(6)20-9-10-21-27(5)15-11-18(26(3,4)34)19(27)12-16-30(21,24(32)33)29(20,7)23(31)17-22(25)28/h18-23,31,34H,8-17H2,1-7H3,(H,32,33)/t18?,19?,20-,21-,22+,23?,27+,28-,29+,30-/m1/s1. The number of aliphatic hydroxyl groups is 2. The van der Waals surface area contributed by atoms with Crippen LogP contribution in [0.3, 0.4) is 0 Å².